The zero-order chi connectivity index (χ0) is 14.9. The molecule has 0 aromatic carbocycles. The fourth-order valence-electron chi connectivity index (χ4n) is 2.43. The summed E-state index contributed by atoms with van der Waals surface area (Å²) in [4.78, 5) is 13.4. The second-order valence-corrected chi connectivity index (χ2v) is 4.83. The Morgan fingerprint density at radius 3 is 2.90 bits per heavy atom. The van der Waals surface area contributed by atoms with Crippen LogP contribution in [0.5, 0.6) is 0 Å². The molecule has 4 atom stereocenters. The van der Waals surface area contributed by atoms with Crippen molar-refractivity contribution in [3.63, 3.8) is 0 Å². The molecule has 0 saturated carbocycles. The van der Waals surface area contributed by atoms with Gasteiger partial charge in [-0.15, -0.1) is 12.3 Å². The quantitative estimate of drug-likeness (QED) is 0.276. The number of nitrogens with zero attached hydrogens (tertiary/aromatic N) is 2. The van der Waals surface area contributed by atoms with Gasteiger partial charge in [0.05, 0.1) is 19.1 Å². The second-order valence-electron chi connectivity index (χ2n) is 4.83. The first-order valence-electron chi connectivity index (χ1n) is 6.16. The van der Waals surface area contributed by atoms with E-state index >= 15 is 0 Å². The number of terminal acetylenes is 1. The average molecular weight is 282 g/mol. The largest absolute Gasteiger partial charge is 0.394 e. The Morgan fingerprint density at radius 2 is 2.35 bits per heavy atom. The van der Waals surface area contributed by atoms with E-state index in [1.807, 2.05) is 0 Å². The van der Waals surface area contributed by atoms with Crippen LogP contribution in [-0.2, 0) is 4.74 Å². The van der Waals surface area contributed by atoms with E-state index in [2.05, 4.69) is 5.92 Å². The summed E-state index contributed by atoms with van der Waals surface area (Å²) in [5, 5.41) is 19.9. The maximum atomic E-state index is 12.2. The highest BCUT2D eigenvalue weighted by atomic mass is 16.6. The summed E-state index contributed by atoms with van der Waals surface area (Å²) in [5.74, 6) is 8.01. The zero-order valence-corrected chi connectivity index (χ0v) is 10.8. The summed E-state index contributed by atoms with van der Waals surface area (Å²) in [6, 6.07) is -0.582. The minimum Gasteiger partial charge on any atom is -0.394 e. The molecule has 8 nitrogen and oxygen atoms in total. The lowest BCUT2D eigenvalue weighted by molar-refractivity contribution is -0.127. The highest BCUT2D eigenvalue weighted by Gasteiger charge is 2.52. The Bertz CT molecular complexity index is 463. The molecule has 0 aromatic heterocycles. The van der Waals surface area contributed by atoms with Crippen molar-refractivity contribution >= 4 is 6.03 Å². The first kappa shape index (κ1) is 14.8. The lowest BCUT2D eigenvalue weighted by atomic mass is 10.0. The van der Waals surface area contributed by atoms with Gasteiger partial charge in [0.2, 0.25) is 0 Å². The third-order valence-electron chi connectivity index (χ3n) is 3.51. The molecule has 0 spiro atoms. The lowest BCUT2D eigenvalue weighted by Crippen LogP contribution is -2.62. The normalized spacial score (nSPS) is 37.4. The van der Waals surface area contributed by atoms with Gasteiger partial charge >= 0.3 is 6.03 Å². The van der Waals surface area contributed by atoms with Crippen LogP contribution in [0, 0.1) is 12.3 Å². The smallest absolute Gasteiger partial charge is 0.342 e. The van der Waals surface area contributed by atoms with Crippen LogP contribution < -0.4 is 11.6 Å². The number of urea groups is 1. The van der Waals surface area contributed by atoms with Gasteiger partial charge in [0, 0.05) is 12.6 Å². The van der Waals surface area contributed by atoms with Crippen LogP contribution in [0.1, 0.15) is 12.8 Å². The van der Waals surface area contributed by atoms with Crippen LogP contribution in [0.4, 0.5) is 4.79 Å². The number of hydrazine groups is 1. The van der Waals surface area contributed by atoms with Gasteiger partial charge in [-0.1, -0.05) is 0 Å². The Balaban J connectivity index is 2.33. The molecule has 2 aliphatic heterocycles. The van der Waals surface area contributed by atoms with Crippen molar-refractivity contribution in [1.82, 2.24) is 9.91 Å². The Kier molecular flexibility index (Phi) is 3.99. The van der Waals surface area contributed by atoms with E-state index in [0.717, 1.165) is 5.01 Å². The topological polar surface area (TPSA) is 125 Å². The fourth-order valence-corrected chi connectivity index (χ4v) is 2.43. The Labute approximate surface area is 116 Å². The van der Waals surface area contributed by atoms with Gasteiger partial charge < -0.3 is 20.7 Å². The van der Waals surface area contributed by atoms with Crippen molar-refractivity contribution in [2.75, 3.05) is 6.61 Å². The van der Waals surface area contributed by atoms with E-state index in [0.29, 0.717) is 0 Å². The van der Waals surface area contributed by atoms with E-state index in [1.165, 1.54) is 17.2 Å². The minimum absolute atomic E-state index is 0.0553. The summed E-state index contributed by atoms with van der Waals surface area (Å²) >= 11 is 0. The molecule has 1 fully saturated rings. The van der Waals surface area contributed by atoms with Crippen molar-refractivity contribution in [1.29, 1.82) is 0 Å². The predicted octanol–water partition coefficient (Wildman–Crippen LogP) is -1.74. The number of hydrogen-bond donors (Lipinski definition) is 4. The third kappa shape index (κ3) is 2.26. The molecule has 0 bridgehead atoms. The van der Waals surface area contributed by atoms with Crippen LogP contribution in [0.25, 0.3) is 0 Å². The van der Waals surface area contributed by atoms with Crippen molar-refractivity contribution in [3.8, 4) is 12.3 Å². The fraction of sp³-hybridized carbons (Fsp3) is 0.583. The van der Waals surface area contributed by atoms with Gasteiger partial charge in [-0.05, 0) is 6.08 Å². The van der Waals surface area contributed by atoms with Crippen molar-refractivity contribution < 1.29 is 19.7 Å². The number of carbonyl (C=O) groups excluding carboxylic acids is 1. The molecule has 20 heavy (non-hydrogen) atoms. The Morgan fingerprint density at radius 1 is 1.65 bits per heavy atom. The zero-order valence-electron chi connectivity index (χ0n) is 10.8. The molecule has 1 unspecified atom stereocenters. The van der Waals surface area contributed by atoms with Crippen LogP contribution in [-0.4, -0.2) is 56.9 Å². The number of ether oxygens (including phenoxy) is 1. The summed E-state index contributed by atoms with van der Waals surface area (Å²) in [5.41, 5.74) is 4.39. The molecule has 0 radical (unpaired) electrons. The van der Waals surface area contributed by atoms with Crippen LogP contribution in [0.2, 0.25) is 0 Å². The molecule has 2 amide bonds. The molecular formula is C12H18N4O4. The van der Waals surface area contributed by atoms with Crippen molar-refractivity contribution in [3.05, 3.63) is 12.3 Å². The van der Waals surface area contributed by atoms with Crippen LogP contribution in [0.3, 0.4) is 0 Å². The van der Waals surface area contributed by atoms with Gasteiger partial charge in [-0.3, -0.25) is 4.90 Å². The molecule has 8 heteroatoms. The highest BCUT2D eigenvalue weighted by molar-refractivity contribution is 5.77. The summed E-state index contributed by atoms with van der Waals surface area (Å²) in [6.45, 7) is -0.370. The number of rotatable bonds is 3. The molecule has 2 heterocycles. The molecule has 110 valence electrons. The van der Waals surface area contributed by atoms with Gasteiger partial charge in [-0.2, -0.15) is 0 Å². The van der Waals surface area contributed by atoms with E-state index < -0.39 is 30.1 Å². The Hall–Kier alpha value is -1.63. The highest BCUT2D eigenvalue weighted by Crippen LogP contribution is 2.38. The molecule has 1 saturated heterocycles. The van der Waals surface area contributed by atoms with Gasteiger partial charge in [0.1, 0.15) is 12.3 Å². The first-order valence-corrected chi connectivity index (χ1v) is 6.16. The van der Waals surface area contributed by atoms with Gasteiger partial charge in [0.15, 0.2) is 5.72 Å². The molecule has 0 aliphatic carbocycles. The van der Waals surface area contributed by atoms with E-state index in [9.17, 15) is 15.0 Å². The lowest BCUT2D eigenvalue weighted by Gasteiger charge is -2.42. The van der Waals surface area contributed by atoms with Crippen LogP contribution in [0.15, 0.2) is 12.3 Å². The number of hydrogen-bond acceptors (Lipinski definition) is 6. The van der Waals surface area contributed by atoms with Crippen molar-refractivity contribution in [2.45, 2.75) is 36.9 Å². The van der Waals surface area contributed by atoms with Crippen LogP contribution >= 0.6 is 0 Å². The standard InChI is InChI=1S/C12H18N4O4/c1-2-4-12(6-8(18)9(7-17)20-12)15-5-3-10(13)16(14)11(15)19/h1,3,5,8-10,17-18H,4,6-7,13-14H2/t8-,9+,10?,12+/m0/s1. The minimum atomic E-state index is -1.23. The van der Waals surface area contributed by atoms with Gasteiger partial charge in [-0.25, -0.2) is 15.6 Å². The molecule has 2 aliphatic rings. The number of amides is 2. The summed E-state index contributed by atoms with van der Waals surface area (Å²) in [7, 11) is 0. The number of aliphatic hydroxyl groups is 2. The predicted molar refractivity (Wildman–Crippen MR) is 69.1 cm³/mol. The monoisotopic (exact) mass is 282 g/mol. The number of aliphatic hydroxyl groups excluding tert-OH is 2. The number of carbonyl (C=O) groups is 1. The summed E-state index contributed by atoms with van der Waals surface area (Å²) < 4.78 is 5.63. The van der Waals surface area contributed by atoms with E-state index in [4.69, 9.17) is 22.7 Å². The molecule has 0 aromatic rings. The molecular weight excluding hydrogens is 264 g/mol. The third-order valence-corrected chi connectivity index (χ3v) is 3.51. The number of nitrogens with two attached hydrogens (primary N) is 2. The van der Waals surface area contributed by atoms with Gasteiger partial charge in [0.25, 0.3) is 0 Å². The maximum absolute atomic E-state index is 12.2. The second kappa shape index (κ2) is 5.40. The van der Waals surface area contributed by atoms with E-state index in [1.54, 1.807) is 0 Å². The SMILES string of the molecule is C#CC[C@]1(N2C=CC(N)N(N)C2=O)C[C@H](O)[C@@H](CO)O1. The average Bonchev–Trinajstić information content (AvgIpc) is 2.73. The molecule has 6 N–H and O–H groups in total. The maximum Gasteiger partial charge on any atom is 0.342 e. The van der Waals surface area contributed by atoms with Crippen molar-refractivity contribution in [2.24, 2.45) is 11.6 Å². The first-order chi connectivity index (χ1) is 9.45. The molecule has 2 rings (SSSR count). The van der Waals surface area contributed by atoms with E-state index in [-0.39, 0.29) is 19.4 Å². The summed E-state index contributed by atoms with van der Waals surface area (Å²) in [6.07, 6.45) is 5.98.